The van der Waals surface area contributed by atoms with Crippen molar-refractivity contribution in [2.45, 2.75) is 31.6 Å². The minimum Gasteiger partial charge on any atom is -0.481 e. The normalized spacial score (nSPS) is 14.5. The highest BCUT2D eigenvalue weighted by Crippen LogP contribution is 2.39. The first-order chi connectivity index (χ1) is 8.58. The minimum absolute atomic E-state index is 0.0749. The van der Waals surface area contributed by atoms with Crippen molar-refractivity contribution in [2.75, 3.05) is 13.6 Å². The molecule has 6 nitrogen and oxygen atoms in total. The molecule has 1 amide bonds. The quantitative estimate of drug-likeness (QED) is 0.796. The Morgan fingerprint density at radius 1 is 1.56 bits per heavy atom. The van der Waals surface area contributed by atoms with Gasteiger partial charge in [0.05, 0.1) is 0 Å². The molecule has 6 heteroatoms. The Morgan fingerprint density at radius 3 is 2.89 bits per heavy atom. The molecule has 1 aromatic rings. The lowest BCUT2D eigenvalue weighted by Gasteiger charge is -2.14. The van der Waals surface area contributed by atoms with Crippen molar-refractivity contribution in [1.29, 1.82) is 0 Å². The number of hydrogen-bond donors (Lipinski definition) is 2. The number of aliphatic carboxylic acids is 1. The first-order valence-electron chi connectivity index (χ1n) is 6.10. The second kappa shape index (κ2) is 5.20. The predicted octanol–water partition coefficient (Wildman–Crippen LogP) is 1.22. The smallest absolute Gasteiger partial charge is 0.303 e. The molecule has 0 unspecified atom stereocenters. The fourth-order valence-electron chi connectivity index (χ4n) is 1.81. The Balaban J connectivity index is 1.86. The van der Waals surface area contributed by atoms with Gasteiger partial charge in [0.1, 0.15) is 5.69 Å². The fourth-order valence-corrected chi connectivity index (χ4v) is 1.81. The zero-order valence-corrected chi connectivity index (χ0v) is 10.3. The van der Waals surface area contributed by atoms with Crippen LogP contribution in [0.5, 0.6) is 0 Å². The van der Waals surface area contributed by atoms with E-state index in [4.69, 9.17) is 5.11 Å². The summed E-state index contributed by atoms with van der Waals surface area (Å²) in [4.78, 5) is 23.9. The van der Waals surface area contributed by atoms with Crippen LogP contribution in [-0.4, -0.2) is 45.7 Å². The molecule has 0 aliphatic heterocycles. The molecule has 1 saturated carbocycles. The van der Waals surface area contributed by atoms with Crippen LogP contribution in [0, 0.1) is 0 Å². The average Bonchev–Trinajstić information content (AvgIpc) is 3.06. The van der Waals surface area contributed by atoms with E-state index in [1.807, 2.05) is 0 Å². The number of carboxylic acids is 1. The van der Waals surface area contributed by atoms with Gasteiger partial charge in [-0.05, 0) is 25.3 Å². The third-order valence-corrected chi connectivity index (χ3v) is 3.06. The SMILES string of the molecule is CN(CCCC(=O)O)C(=O)c1cc(C2CC2)[nH]n1. The van der Waals surface area contributed by atoms with E-state index >= 15 is 0 Å². The third-order valence-electron chi connectivity index (χ3n) is 3.06. The van der Waals surface area contributed by atoms with Gasteiger partial charge in [0, 0.05) is 31.6 Å². The molecule has 2 N–H and O–H groups in total. The maximum Gasteiger partial charge on any atom is 0.303 e. The molecule has 2 rings (SSSR count). The van der Waals surface area contributed by atoms with Gasteiger partial charge in [0.15, 0.2) is 0 Å². The molecule has 1 aromatic heterocycles. The van der Waals surface area contributed by atoms with E-state index in [1.54, 1.807) is 13.1 Å². The number of nitrogens with zero attached hydrogens (tertiary/aromatic N) is 2. The topological polar surface area (TPSA) is 86.3 Å². The lowest BCUT2D eigenvalue weighted by atomic mass is 10.2. The number of carbonyl (C=O) groups is 2. The number of rotatable bonds is 6. The van der Waals surface area contributed by atoms with E-state index in [-0.39, 0.29) is 12.3 Å². The van der Waals surface area contributed by atoms with Crippen molar-refractivity contribution in [1.82, 2.24) is 15.1 Å². The lowest BCUT2D eigenvalue weighted by molar-refractivity contribution is -0.137. The molecule has 18 heavy (non-hydrogen) atoms. The molecule has 1 aliphatic carbocycles. The number of amides is 1. The van der Waals surface area contributed by atoms with Gasteiger partial charge in [-0.15, -0.1) is 0 Å². The van der Waals surface area contributed by atoms with Gasteiger partial charge in [-0.2, -0.15) is 5.10 Å². The summed E-state index contributed by atoms with van der Waals surface area (Å²) in [7, 11) is 1.66. The average molecular weight is 251 g/mol. The summed E-state index contributed by atoms with van der Waals surface area (Å²) in [5.74, 6) is -0.466. The molecule has 0 aromatic carbocycles. The summed E-state index contributed by atoms with van der Waals surface area (Å²) < 4.78 is 0. The van der Waals surface area contributed by atoms with Gasteiger partial charge in [-0.3, -0.25) is 14.7 Å². The van der Waals surface area contributed by atoms with E-state index in [9.17, 15) is 9.59 Å². The van der Waals surface area contributed by atoms with Gasteiger partial charge in [0.25, 0.3) is 5.91 Å². The number of carbonyl (C=O) groups excluding carboxylic acids is 1. The van der Waals surface area contributed by atoms with Crippen LogP contribution < -0.4 is 0 Å². The Bertz CT molecular complexity index is 451. The van der Waals surface area contributed by atoms with E-state index < -0.39 is 5.97 Å². The second-order valence-corrected chi connectivity index (χ2v) is 4.71. The molecule has 1 heterocycles. The Hall–Kier alpha value is -1.85. The van der Waals surface area contributed by atoms with Gasteiger partial charge in [-0.1, -0.05) is 0 Å². The number of nitrogens with one attached hydrogen (secondary N) is 1. The molecule has 0 atom stereocenters. The van der Waals surface area contributed by atoms with Crippen LogP contribution in [0.4, 0.5) is 0 Å². The van der Waals surface area contributed by atoms with Crippen molar-refractivity contribution >= 4 is 11.9 Å². The van der Waals surface area contributed by atoms with Crippen LogP contribution in [0.25, 0.3) is 0 Å². The number of carboxylic acid groups (broad SMARTS) is 1. The van der Waals surface area contributed by atoms with E-state index in [0.717, 1.165) is 18.5 Å². The number of H-pyrrole nitrogens is 1. The van der Waals surface area contributed by atoms with Crippen LogP contribution >= 0.6 is 0 Å². The molecule has 0 saturated heterocycles. The first-order valence-corrected chi connectivity index (χ1v) is 6.10. The largest absolute Gasteiger partial charge is 0.481 e. The van der Waals surface area contributed by atoms with E-state index in [1.165, 1.54) is 4.90 Å². The Morgan fingerprint density at radius 2 is 2.28 bits per heavy atom. The third kappa shape index (κ3) is 3.09. The van der Waals surface area contributed by atoms with Crippen LogP contribution in [0.15, 0.2) is 6.07 Å². The van der Waals surface area contributed by atoms with Crippen molar-refractivity contribution < 1.29 is 14.7 Å². The molecule has 1 aliphatic rings. The van der Waals surface area contributed by atoms with Crippen LogP contribution in [0.1, 0.15) is 47.8 Å². The molecular formula is C12H17N3O3. The zero-order chi connectivity index (χ0) is 13.1. The van der Waals surface area contributed by atoms with E-state index in [2.05, 4.69) is 10.2 Å². The zero-order valence-electron chi connectivity index (χ0n) is 10.3. The maximum absolute atomic E-state index is 12.0. The standard InChI is InChI=1S/C12H17N3O3/c1-15(6-2-3-11(16)17)12(18)10-7-9(13-14-10)8-4-5-8/h7-8H,2-6H2,1H3,(H,13,14)(H,16,17). The van der Waals surface area contributed by atoms with Gasteiger partial charge in [0.2, 0.25) is 0 Å². The number of aromatic nitrogens is 2. The summed E-state index contributed by atoms with van der Waals surface area (Å²) in [5, 5.41) is 15.4. The minimum atomic E-state index is -0.841. The second-order valence-electron chi connectivity index (χ2n) is 4.71. The summed E-state index contributed by atoms with van der Waals surface area (Å²) >= 11 is 0. The lowest BCUT2D eigenvalue weighted by Crippen LogP contribution is -2.28. The molecule has 98 valence electrons. The molecule has 1 fully saturated rings. The van der Waals surface area contributed by atoms with Crippen molar-refractivity contribution in [2.24, 2.45) is 0 Å². The first kappa shape index (κ1) is 12.6. The highest BCUT2D eigenvalue weighted by atomic mass is 16.4. The summed E-state index contributed by atoms with van der Waals surface area (Å²) in [5.41, 5.74) is 1.44. The van der Waals surface area contributed by atoms with Gasteiger partial charge >= 0.3 is 5.97 Å². The van der Waals surface area contributed by atoms with Crippen LogP contribution in [0.3, 0.4) is 0 Å². The highest BCUT2D eigenvalue weighted by molar-refractivity contribution is 5.92. The Labute approximate surface area is 105 Å². The van der Waals surface area contributed by atoms with Gasteiger partial charge < -0.3 is 10.0 Å². The molecule has 0 spiro atoms. The maximum atomic E-state index is 12.0. The summed E-state index contributed by atoms with van der Waals surface area (Å²) in [6.07, 6.45) is 2.84. The monoisotopic (exact) mass is 251 g/mol. The van der Waals surface area contributed by atoms with Crippen LogP contribution in [-0.2, 0) is 4.79 Å². The molecule has 0 radical (unpaired) electrons. The molecule has 0 bridgehead atoms. The summed E-state index contributed by atoms with van der Waals surface area (Å²) in [6.45, 7) is 0.427. The van der Waals surface area contributed by atoms with Gasteiger partial charge in [-0.25, -0.2) is 0 Å². The summed E-state index contributed by atoms with van der Waals surface area (Å²) in [6, 6.07) is 1.80. The fraction of sp³-hybridized carbons (Fsp3) is 0.583. The number of aromatic amines is 1. The number of hydrogen-bond acceptors (Lipinski definition) is 3. The van der Waals surface area contributed by atoms with Crippen molar-refractivity contribution in [3.63, 3.8) is 0 Å². The van der Waals surface area contributed by atoms with Crippen molar-refractivity contribution in [3.05, 3.63) is 17.5 Å². The van der Waals surface area contributed by atoms with Crippen molar-refractivity contribution in [3.8, 4) is 0 Å². The van der Waals surface area contributed by atoms with E-state index in [0.29, 0.717) is 24.6 Å². The highest BCUT2D eigenvalue weighted by Gasteiger charge is 2.27. The van der Waals surface area contributed by atoms with Crippen LogP contribution in [0.2, 0.25) is 0 Å². The Kier molecular flexibility index (Phi) is 3.64. The molecular weight excluding hydrogens is 234 g/mol. The predicted molar refractivity (Wildman–Crippen MR) is 64.4 cm³/mol.